The lowest BCUT2D eigenvalue weighted by Gasteiger charge is -2.11. The molecule has 0 saturated carbocycles. The van der Waals surface area contributed by atoms with Crippen LogP contribution in [-0.2, 0) is 10.0 Å². The van der Waals surface area contributed by atoms with E-state index in [1.807, 2.05) is 18.6 Å². The minimum absolute atomic E-state index is 0.153. The smallest absolute Gasteiger partial charge is 0.281 e. The molecule has 0 bridgehead atoms. The molecule has 0 atom stereocenters. The lowest BCUT2D eigenvalue weighted by atomic mass is 10.1. The summed E-state index contributed by atoms with van der Waals surface area (Å²) in [5.74, 6) is -0.876. The van der Waals surface area contributed by atoms with Gasteiger partial charge in [0.15, 0.2) is 5.03 Å². The molecule has 1 amide bonds. The third-order valence-corrected chi connectivity index (χ3v) is 5.73. The molecule has 3 aromatic rings. The van der Waals surface area contributed by atoms with Crippen molar-refractivity contribution in [2.75, 3.05) is 6.61 Å². The van der Waals surface area contributed by atoms with E-state index in [9.17, 15) is 17.6 Å². The van der Waals surface area contributed by atoms with Gasteiger partial charge < -0.3 is 4.74 Å². The summed E-state index contributed by atoms with van der Waals surface area (Å²) in [4.78, 5) is 20.6. The van der Waals surface area contributed by atoms with Crippen molar-refractivity contribution in [1.82, 2.24) is 14.7 Å². The summed E-state index contributed by atoms with van der Waals surface area (Å²) in [7, 11) is -4.20. The van der Waals surface area contributed by atoms with E-state index >= 15 is 0 Å². The van der Waals surface area contributed by atoms with Crippen molar-refractivity contribution < 1.29 is 22.3 Å². The quantitative estimate of drug-likeness (QED) is 0.506. The Bertz CT molecular complexity index is 1270. The zero-order chi connectivity index (χ0) is 23.5. The van der Waals surface area contributed by atoms with Gasteiger partial charge in [-0.2, -0.15) is 8.42 Å². The molecule has 2 heterocycles. The first-order chi connectivity index (χ1) is 15.0. The second-order valence-electron chi connectivity index (χ2n) is 7.47. The number of carbonyl (C=O) groups excluding carboxylic acids is 1. The number of aromatic nitrogens is 2. The van der Waals surface area contributed by atoms with Crippen molar-refractivity contribution >= 4 is 27.5 Å². The zero-order valence-corrected chi connectivity index (χ0v) is 19.2. The monoisotopic (exact) mass is 477 g/mol. The van der Waals surface area contributed by atoms with Crippen molar-refractivity contribution in [2.45, 2.75) is 25.8 Å². The van der Waals surface area contributed by atoms with Crippen LogP contribution in [0.4, 0.5) is 4.39 Å². The first-order valence-corrected chi connectivity index (χ1v) is 11.5. The molecule has 2 aromatic heterocycles. The second kappa shape index (κ2) is 9.62. The highest BCUT2D eigenvalue weighted by Gasteiger charge is 2.22. The van der Waals surface area contributed by atoms with Crippen molar-refractivity contribution in [3.05, 3.63) is 70.8 Å². The first-order valence-electron chi connectivity index (χ1n) is 9.66. The van der Waals surface area contributed by atoms with Crippen LogP contribution in [0.3, 0.4) is 0 Å². The molecule has 0 aliphatic heterocycles. The number of rotatable bonds is 7. The molecule has 1 aromatic carbocycles. The molecule has 10 heteroatoms. The Morgan fingerprint density at radius 3 is 2.56 bits per heavy atom. The minimum atomic E-state index is -4.20. The molecule has 1 N–H and O–H groups in total. The Kier molecular flexibility index (Phi) is 7.10. The summed E-state index contributed by atoms with van der Waals surface area (Å²) in [5, 5.41) is -0.526. The lowest BCUT2D eigenvalue weighted by Crippen LogP contribution is -2.31. The van der Waals surface area contributed by atoms with Crippen LogP contribution in [0, 0.1) is 18.7 Å². The molecule has 0 spiro atoms. The fourth-order valence-corrected chi connectivity index (χ4v) is 3.94. The number of halogens is 2. The number of hydrogen-bond acceptors (Lipinski definition) is 6. The number of hydrogen-bond donors (Lipinski definition) is 1. The maximum Gasteiger partial charge on any atom is 0.281 e. The number of benzene rings is 1. The lowest BCUT2D eigenvalue weighted by molar-refractivity contribution is 0.0981. The minimum Gasteiger partial charge on any atom is -0.493 e. The standard InChI is InChI=1S/C22H21ClFN3O4S/c1-13(2)12-31-17-10-15(9-16(24)11-17)19-8-7-18(21(23)26-19)22(28)27-32(29,30)20-6-4-5-14(3)25-20/h4-11,13H,12H2,1-3H3,(H,27,28). The summed E-state index contributed by atoms with van der Waals surface area (Å²) >= 11 is 6.15. The van der Waals surface area contributed by atoms with E-state index in [1.54, 1.807) is 19.1 Å². The highest BCUT2D eigenvalue weighted by molar-refractivity contribution is 7.90. The number of sulfonamides is 1. The van der Waals surface area contributed by atoms with Crippen molar-refractivity contribution in [3.63, 3.8) is 0 Å². The average molecular weight is 478 g/mol. The maximum absolute atomic E-state index is 14.0. The van der Waals surface area contributed by atoms with E-state index in [2.05, 4.69) is 9.97 Å². The van der Waals surface area contributed by atoms with Crippen LogP contribution in [0.2, 0.25) is 5.15 Å². The zero-order valence-electron chi connectivity index (χ0n) is 17.6. The highest BCUT2D eigenvalue weighted by Crippen LogP contribution is 2.27. The molecule has 0 aliphatic rings. The predicted octanol–water partition coefficient (Wildman–Crippen LogP) is 4.40. The van der Waals surface area contributed by atoms with Gasteiger partial charge in [0, 0.05) is 17.3 Å². The van der Waals surface area contributed by atoms with Crippen molar-refractivity contribution in [3.8, 4) is 17.0 Å². The molecule has 32 heavy (non-hydrogen) atoms. The summed E-state index contributed by atoms with van der Waals surface area (Å²) in [6.07, 6.45) is 0. The predicted molar refractivity (Wildman–Crippen MR) is 119 cm³/mol. The van der Waals surface area contributed by atoms with Crippen LogP contribution in [0.15, 0.2) is 53.6 Å². The van der Waals surface area contributed by atoms with Crippen LogP contribution in [0.25, 0.3) is 11.3 Å². The van der Waals surface area contributed by atoms with Crippen LogP contribution < -0.4 is 9.46 Å². The third kappa shape index (κ3) is 5.80. The Labute approximate surface area is 190 Å². The SMILES string of the molecule is Cc1cccc(S(=O)(=O)NC(=O)c2ccc(-c3cc(F)cc(OCC(C)C)c3)nc2Cl)n1. The fraction of sp³-hybridized carbons (Fsp3) is 0.227. The number of amides is 1. The van der Waals surface area contributed by atoms with Gasteiger partial charge in [0.1, 0.15) is 16.7 Å². The normalized spacial score (nSPS) is 11.4. The molecule has 0 aliphatic carbocycles. The maximum atomic E-state index is 14.0. The van der Waals surface area contributed by atoms with Gasteiger partial charge in [-0.05, 0) is 49.2 Å². The Hall–Kier alpha value is -3.04. The number of nitrogens with zero attached hydrogens (tertiary/aromatic N) is 2. The molecular weight excluding hydrogens is 457 g/mol. The van der Waals surface area contributed by atoms with Gasteiger partial charge >= 0.3 is 0 Å². The number of pyridine rings is 2. The second-order valence-corrected chi connectivity index (χ2v) is 9.45. The van der Waals surface area contributed by atoms with Gasteiger partial charge in [-0.1, -0.05) is 31.5 Å². The summed E-state index contributed by atoms with van der Waals surface area (Å²) in [5.41, 5.74) is 1.02. The summed E-state index contributed by atoms with van der Waals surface area (Å²) < 4.78 is 46.4. The Morgan fingerprint density at radius 1 is 1.16 bits per heavy atom. The number of aryl methyl sites for hydroxylation is 1. The van der Waals surface area contributed by atoms with Crippen LogP contribution in [0.5, 0.6) is 5.75 Å². The van der Waals surface area contributed by atoms with Gasteiger partial charge in [-0.3, -0.25) is 4.79 Å². The van der Waals surface area contributed by atoms with E-state index in [0.29, 0.717) is 29.3 Å². The molecule has 0 fully saturated rings. The van der Waals surface area contributed by atoms with Gasteiger partial charge in [0.05, 0.1) is 17.9 Å². The van der Waals surface area contributed by atoms with Gasteiger partial charge in [0.2, 0.25) is 0 Å². The van der Waals surface area contributed by atoms with Crippen molar-refractivity contribution in [2.24, 2.45) is 5.92 Å². The molecule has 7 nitrogen and oxygen atoms in total. The fourth-order valence-electron chi connectivity index (χ4n) is 2.72. The number of carbonyl (C=O) groups is 1. The van der Waals surface area contributed by atoms with Crippen molar-refractivity contribution in [1.29, 1.82) is 0 Å². The highest BCUT2D eigenvalue weighted by atomic mass is 35.5. The van der Waals surface area contributed by atoms with Gasteiger partial charge in [-0.25, -0.2) is 19.1 Å². The van der Waals surface area contributed by atoms with Gasteiger partial charge in [-0.15, -0.1) is 0 Å². The largest absolute Gasteiger partial charge is 0.493 e. The van der Waals surface area contributed by atoms with E-state index in [1.165, 1.54) is 36.4 Å². The molecule has 0 unspecified atom stereocenters. The third-order valence-electron chi connectivity index (χ3n) is 4.21. The number of nitrogens with one attached hydrogen (secondary N) is 1. The summed E-state index contributed by atoms with van der Waals surface area (Å²) in [6, 6.07) is 11.3. The Balaban J connectivity index is 1.84. The van der Waals surface area contributed by atoms with E-state index in [-0.39, 0.29) is 21.7 Å². The molecule has 0 saturated heterocycles. The molecule has 168 valence electrons. The van der Waals surface area contributed by atoms with Crippen LogP contribution in [0.1, 0.15) is 29.9 Å². The Morgan fingerprint density at radius 2 is 1.91 bits per heavy atom. The molecule has 0 radical (unpaired) electrons. The van der Waals surface area contributed by atoms with E-state index in [0.717, 1.165) is 0 Å². The van der Waals surface area contributed by atoms with E-state index in [4.69, 9.17) is 16.3 Å². The number of ether oxygens (including phenoxy) is 1. The first kappa shape index (κ1) is 23.6. The summed E-state index contributed by atoms with van der Waals surface area (Å²) in [6.45, 7) is 5.99. The molecular formula is C22H21ClFN3O4S. The van der Waals surface area contributed by atoms with Crippen LogP contribution >= 0.6 is 11.6 Å². The van der Waals surface area contributed by atoms with Crippen LogP contribution in [-0.4, -0.2) is 30.9 Å². The average Bonchev–Trinajstić information content (AvgIpc) is 2.71. The molecule has 3 rings (SSSR count). The van der Waals surface area contributed by atoms with E-state index < -0.39 is 21.7 Å². The topological polar surface area (TPSA) is 98.2 Å². The van der Waals surface area contributed by atoms with Gasteiger partial charge in [0.25, 0.3) is 15.9 Å².